The number of hydrogen-bond donors (Lipinski definition) is 1. The minimum Gasteiger partial charge on any atom is -0.481 e. The summed E-state index contributed by atoms with van der Waals surface area (Å²) in [6, 6.07) is 0. The molecule has 19 heavy (non-hydrogen) atoms. The summed E-state index contributed by atoms with van der Waals surface area (Å²) in [4.78, 5) is 24.4. The van der Waals surface area contributed by atoms with Gasteiger partial charge in [-0.2, -0.15) is 0 Å². The van der Waals surface area contributed by atoms with E-state index in [1.54, 1.807) is 4.90 Å². The molecule has 1 amide bonds. The van der Waals surface area contributed by atoms with Crippen LogP contribution in [0.3, 0.4) is 0 Å². The highest BCUT2D eigenvalue weighted by Gasteiger charge is 2.24. The van der Waals surface area contributed by atoms with Crippen molar-refractivity contribution in [3.05, 3.63) is 0 Å². The van der Waals surface area contributed by atoms with E-state index in [-0.39, 0.29) is 12.3 Å². The largest absolute Gasteiger partial charge is 0.481 e. The van der Waals surface area contributed by atoms with Gasteiger partial charge in [0.05, 0.1) is 6.42 Å². The summed E-state index contributed by atoms with van der Waals surface area (Å²) in [6.07, 6.45) is 7.01. The first-order chi connectivity index (χ1) is 9.04. The number of nitrogens with zero attached hydrogens (tertiary/aromatic N) is 1. The maximum absolute atomic E-state index is 12.2. The van der Waals surface area contributed by atoms with Crippen molar-refractivity contribution in [1.82, 2.24) is 4.90 Å². The highest BCUT2D eigenvalue weighted by molar-refractivity contribution is 5.77. The first-order valence-electron chi connectivity index (χ1n) is 7.54. The quantitative estimate of drug-likeness (QED) is 0.773. The van der Waals surface area contributed by atoms with E-state index in [2.05, 4.69) is 6.92 Å². The molecule has 0 spiro atoms. The molecule has 0 aromatic rings. The lowest BCUT2D eigenvalue weighted by molar-refractivity contribution is -0.138. The number of carboxylic acid groups (broad SMARTS) is 1. The van der Waals surface area contributed by atoms with Gasteiger partial charge >= 0.3 is 5.97 Å². The van der Waals surface area contributed by atoms with Crippen molar-refractivity contribution in [2.45, 2.75) is 58.8 Å². The molecule has 0 aromatic heterocycles. The third kappa shape index (κ3) is 5.62. The molecule has 0 aromatic carbocycles. The SMILES string of the molecule is CCN(CCC(=O)O)C(=O)CC(C)C1CCCCC1. The van der Waals surface area contributed by atoms with Crippen molar-refractivity contribution in [2.24, 2.45) is 11.8 Å². The lowest BCUT2D eigenvalue weighted by Gasteiger charge is -2.29. The lowest BCUT2D eigenvalue weighted by atomic mass is 9.79. The molecule has 1 saturated carbocycles. The van der Waals surface area contributed by atoms with Gasteiger partial charge in [0.1, 0.15) is 0 Å². The Morgan fingerprint density at radius 1 is 1.26 bits per heavy atom. The maximum atomic E-state index is 12.2. The van der Waals surface area contributed by atoms with Crippen LogP contribution in [0.25, 0.3) is 0 Å². The third-order valence-corrected chi connectivity index (χ3v) is 4.28. The van der Waals surface area contributed by atoms with Crippen LogP contribution in [-0.2, 0) is 9.59 Å². The Kier molecular flexibility index (Phi) is 6.89. The fraction of sp³-hybridized carbons (Fsp3) is 0.867. The Hall–Kier alpha value is -1.06. The van der Waals surface area contributed by atoms with Crippen molar-refractivity contribution >= 4 is 11.9 Å². The summed E-state index contributed by atoms with van der Waals surface area (Å²) in [5.74, 6) is 0.371. The van der Waals surface area contributed by atoms with Crippen LogP contribution in [0, 0.1) is 11.8 Å². The normalized spacial score (nSPS) is 18.0. The number of carbonyl (C=O) groups excluding carboxylic acids is 1. The van der Waals surface area contributed by atoms with E-state index in [9.17, 15) is 9.59 Å². The van der Waals surface area contributed by atoms with E-state index in [1.165, 1.54) is 32.1 Å². The summed E-state index contributed by atoms with van der Waals surface area (Å²) < 4.78 is 0. The van der Waals surface area contributed by atoms with Gasteiger partial charge in [0.15, 0.2) is 0 Å². The predicted octanol–water partition coefficient (Wildman–Crippen LogP) is 2.92. The topological polar surface area (TPSA) is 57.6 Å². The smallest absolute Gasteiger partial charge is 0.305 e. The van der Waals surface area contributed by atoms with Crippen LogP contribution >= 0.6 is 0 Å². The summed E-state index contributed by atoms with van der Waals surface area (Å²) in [6.45, 7) is 5.01. The second kappa shape index (κ2) is 8.18. The molecular weight excluding hydrogens is 242 g/mol. The minimum absolute atomic E-state index is 0.0391. The van der Waals surface area contributed by atoms with Crippen LogP contribution in [0.4, 0.5) is 0 Å². The van der Waals surface area contributed by atoms with Crippen molar-refractivity contribution in [1.29, 1.82) is 0 Å². The van der Waals surface area contributed by atoms with Crippen LogP contribution < -0.4 is 0 Å². The molecule has 1 N–H and O–H groups in total. The van der Waals surface area contributed by atoms with Gasteiger partial charge in [-0.3, -0.25) is 9.59 Å². The number of aliphatic carboxylic acids is 1. The minimum atomic E-state index is -0.841. The zero-order chi connectivity index (χ0) is 14.3. The van der Waals surface area contributed by atoms with Crippen LogP contribution in [0.15, 0.2) is 0 Å². The Balaban J connectivity index is 2.39. The molecular formula is C15H27NO3. The van der Waals surface area contributed by atoms with Crippen molar-refractivity contribution in [3.8, 4) is 0 Å². The number of amides is 1. The van der Waals surface area contributed by atoms with E-state index in [0.29, 0.717) is 31.3 Å². The van der Waals surface area contributed by atoms with Crippen LogP contribution in [0.5, 0.6) is 0 Å². The predicted molar refractivity (Wildman–Crippen MR) is 74.9 cm³/mol. The zero-order valence-electron chi connectivity index (χ0n) is 12.2. The number of carbonyl (C=O) groups is 2. The standard InChI is InChI=1S/C15H27NO3/c1-3-16(10-9-15(18)19)14(17)11-12(2)13-7-5-4-6-8-13/h12-13H,3-11H2,1-2H3,(H,18,19). The number of rotatable bonds is 7. The van der Waals surface area contributed by atoms with Gasteiger partial charge in [0.25, 0.3) is 0 Å². The Morgan fingerprint density at radius 2 is 1.89 bits per heavy atom. The maximum Gasteiger partial charge on any atom is 0.305 e. The summed E-state index contributed by atoms with van der Waals surface area (Å²) in [7, 11) is 0. The molecule has 1 unspecified atom stereocenters. The lowest BCUT2D eigenvalue weighted by Crippen LogP contribution is -2.34. The van der Waals surface area contributed by atoms with Crippen LogP contribution in [0.1, 0.15) is 58.8 Å². The van der Waals surface area contributed by atoms with Crippen molar-refractivity contribution in [2.75, 3.05) is 13.1 Å². The van der Waals surface area contributed by atoms with Crippen LogP contribution in [-0.4, -0.2) is 35.0 Å². The molecule has 0 saturated heterocycles. The van der Waals surface area contributed by atoms with E-state index in [1.807, 2.05) is 6.92 Å². The van der Waals surface area contributed by atoms with Gasteiger partial charge in [-0.1, -0.05) is 39.0 Å². The fourth-order valence-corrected chi connectivity index (χ4v) is 2.96. The molecule has 110 valence electrons. The third-order valence-electron chi connectivity index (χ3n) is 4.28. The Morgan fingerprint density at radius 3 is 2.42 bits per heavy atom. The molecule has 1 rings (SSSR count). The zero-order valence-corrected chi connectivity index (χ0v) is 12.2. The second-order valence-electron chi connectivity index (χ2n) is 5.70. The van der Waals surface area contributed by atoms with Gasteiger partial charge in [-0.15, -0.1) is 0 Å². The number of hydrogen-bond acceptors (Lipinski definition) is 2. The van der Waals surface area contributed by atoms with Crippen molar-refractivity contribution in [3.63, 3.8) is 0 Å². The summed E-state index contributed by atoms with van der Waals surface area (Å²) >= 11 is 0. The molecule has 4 nitrogen and oxygen atoms in total. The van der Waals surface area contributed by atoms with Gasteiger partial charge in [-0.05, 0) is 18.8 Å². The van der Waals surface area contributed by atoms with E-state index < -0.39 is 5.97 Å². The second-order valence-corrected chi connectivity index (χ2v) is 5.70. The van der Waals surface area contributed by atoms with Gasteiger partial charge in [0, 0.05) is 19.5 Å². The van der Waals surface area contributed by atoms with E-state index >= 15 is 0 Å². The molecule has 1 aliphatic rings. The first-order valence-corrected chi connectivity index (χ1v) is 7.54. The Bertz CT molecular complexity index is 298. The Labute approximate surface area is 116 Å². The van der Waals surface area contributed by atoms with Crippen LogP contribution in [0.2, 0.25) is 0 Å². The molecule has 1 aliphatic carbocycles. The van der Waals surface area contributed by atoms with E-state index in [4.69, 9.17) is 5.11 Å². The highest BCUT2D eigenvalue weighted by Crippen LogP contribution is 2.31. The van der Waals surface area contributed by atoms with Gasteiger partial charge < -0.3 is 10.0 Å². The first kappa shape index (κ1) is 16.0. The summed E-state index contributed by atoms with van der Waals surface area (Å²) in [5.41, 5.74) is 0. The molecule has 1 fully saturated rings. The number of carboxylic acids is 1. The summed E-state index contributed by atoms with van der Waals surface area (Å²) in [5, 5.41) is 8.69. The molecule has 1 atom stereocenters. The molecule has 0 aliphatic heterocycles. The molecule has 0 heterocycles. The monoisotopic (exact) mass is 269 g/mol. The molecule has 0 bridgehead atoms. The molecule has 4 heteroatoms. The van der Waals surface area contributed by atoms with E-state index in [0.717, 1.165) is 0 Å². The van der Waals surface area contributed by atoms with Gasteiger partial charge in [-0.25, -0.2) is 0 Å². The van der Waals surface area contributed by atoms with Crippen molar-refractivity contribution < 1.29 is 14.7 Å². The average molecular weight is 269 g/mol. The fourth-order valence-electron chi connectivity index (χ4n) is 2.96. The highest BCUT2D eigenvalue weighted by atomic mass is 16.4. The van der Waals surface area contributed by atoms with Gasteiger partial charge in [0.2, 0.25) is 5.91 Å². The molecule has 0 radical (unpaired) electrons. The average Bonchev–Trinajstić information content (AvgIpc) is 2.40.